The molecule has 1 aromatic carbocycles. The summed E-state index contributed by atoms with van der Waals surface area (Å²) in [6.07, 6.45) is 0. The van der Waals surface area contributed by atoms with E-state index in [-0.39, 0.29) is 0 Å². The van der Waals surface area contributed by atoms with Crippen molar-refractivity contribution in [1.82, 2.24) is 0 Å². The Morgan fingerprint density at radius 3 is 2.28 bits per heavy atom. The zero-order chi connectivity index (χ0) is 13.6. The molecular weight excluding hydrogens is 254 g/mol. The van der Waals surface area contributed by atoms with Crippen LogP contribution in [0.2, 0.25) is 0 Å². The summed E-state index contributed by atoms with van der Waals surface area (Å²) in [6, 6.07) is 6.77. The first kappa shape index (κ1) is 14.8. The van der Waals surface area contributed by atoms with E-state index in [1.807, 2.05) is 0 Å². The molecular formula is C12H19NO4S. The summed E-state index contributed by atoms with van der Waals surface area (Å²) in [4.78, 5) is 0. The predicted octanol–water partition coefficient (Wildman–Crippen LogP) is 1.86. The second-order valence-electron chi connectivity index (χ2n) is 4.06. The van der Waals surface area contributed by atoms with E-state index in [2.05, 4.69) is 4.72 Å². The average Bonchev–Trinajstić information content (AvgIpc) is 2.31. The first-order valence-electron chi connectivity index (χ1n) is 5.69. The highest BCUT2D eigenvalue weighted by Crippen LogP contribution is 2.17. The van der Waals surface area contributed by atoms with E-state index in [1.165, 1.54) is 0 Å². The van der Waals surface area contributed by atoms with Gasteiger partial charge in [-0.25, -0.2) is 8.42 Å². The van der Waals surface area contributed by atoms with Gasteiger partial charge in [0.25, 0.3) is 0 Å². The van der Waals surface area contributed by atoms with E-state index in [1.54, 1.807) is 45.2 Å². The molecule has 0 heterocycles. The van der Waals surface area contributed by atoms with Crippen LogP contribution in [0.25, 0.3) is 0 Å². The van der Waals surface area contributed by atoms with Crippen molar-refractivity contribution in [3.05, 3.63) is 24.3 Å². The molecule has 1 aromatic rings. The maximum absolute atomic E-state index is 11.6. The SMILES string of the molecule is COCCOc1ccc(NS(=O)(=O)C(C)C)cc1. The van der Waals surface area contributed by atoms with Crippen LogP contribution in [0.4, 0.5) is 5.69 Å². The Labute approximate surface area is 108 Å². The zero-order valence-corrected chi connectivity index (χ0v) is 11.7. The molecule has 102 valence electrons. The number of methoxy groups -OCH3 is 1. The second-order valence-corrected chi connectivity index (χ2v) is 6.30. The van der Waals surface area contributed by atoms with Crippen LogP contribution in [-0.4, -0.2) is 34.0 Å². The highest BCUT2D eigenvalue weighted by Gasteiger charge is 2.15. The smallest absolute Gasteiger partial charge is 0.235 e. The molecule has 0 bridgehead atoms. The Balaban J connectivity index is 2.61. The molecule has 6 heteroatoms. The fraction of sp³-hybridized carbons (Fsp3) is 0.500. The minimum absolute atomic E-state index is 0.463. The number of hydrogen-bond donors (Lipinski definition) is 1. The van der Waals surface area contributed by atoms with E-state index in [4.69, 9.17) is 9.47 Å². The van der Waals surface area contributed by atoms with Gasteiger partial charge < -0.3 is 9.47 Å². The summed E-state index contributed by atoms with van der Waals surface area (Å²) < 4.78 is 36.0. The molecule has 0 radical (unpaired) electrons. The molecule has 0 saturated heterocycles. The van der Waals surface area contributed by atoms with Crippen LogP contribution in [0.1, 0.15) is 13.8 Å². The molecule has 0 aromatic heterocycles. The highest BCUT2D eigenvalue weighted by molar-refractivity contribution is 7.93. The van der Waals surface area contributed by atoms with Crippen molar-refractivity contribution in [3.63, 3.8) is 0 Å². The summed E-state index contributed by atoms with van der Waals surface area (Å²) in [5.41, 5.74) is 0.530. The van der Waals surface area contributed by atoms with Crippen molar-refractivity contribution < 1.29 is 17.9 Å². The Kier molecular flexibility index (Phi) is 5.43. The minimum Gasteiger partial charge on any atom is -0.491 e. The largest absolute Gasteiger partial charge is 0.491 e. The minimum atomic E-state index is -3.30. The number of hydrogen-bond acceptors (Lipinski definition) is 4. The molecule has 0 aliphatic rings. The summed E-state index contributed by atoms with van der Waals surface area (Å²) in [6.45, 7) is 4.24. The fourth-order valence-electron chi connectivity index (χ4n) is 1.14. The normalized spacial score (nSPS) is 11.6. The van der Waals surface area contributed by atoms with E-state index in [0.29, 0.717) is 24.7 Å². The number of ether oxygens (including phenoxy) is 2. The molecule has 0 spiro atoms. The van der Waals surface area contributed by atoms with Crippen LogP contribution in [0, 0.1) is 0 Å². The van der Waals surface area contributed by atoms with Crippen molar-refractivity contribution in [2.24, 2.45) is 0 Å². The van der Waals surface area contributed by atoms with Crippen molar-refractivity contribution in [2.45, 2.75) is 19.1 Å². The van der Waals surface area contributed by atoms with Crippen molar-refractivity contribution in [1.29, 1.82) is 0 Å². The maximum Gasteiger partial charge on any atom is 0.235 e. The van der Waals surface area contributed by atoms with Gasteiger partial charge in [-0.3, -0.25) is 4.72 Å². The van der Waals surface area contributed by atoms with Crippen LogP contribution >= 0.6 is 0 Å². The van der Waals surface area contributed by atoms with Gasteiger partial charge >= 0.3 is 0 Å². The lowest BCUT2D eigenvalue weighted by Gasteiger charge is -2.11. The van der Waals surface area contributed by atoms with Crippen LogP contribution in [-0.2, 0) is 14.8 Å². The molecule has 0 aliphatic heterocycles. The van der Waals surface area contributed by atoms with Gasteiger partial charge in [-0.05, 0) is 38.1 Å². The third kappa shape index (κ3) is 4.54. The van der Waals surface area contributed by atoms with Crippen molar-refractivity contribution in [3.8, 4) is 5.75 Å². The van der Waals surface area contributed by atoms with E-state index < -0.39 is 15.3 Å². The number of sulfonamides is 1. The van der Waals surface area contributed by atoms with Crippen LogP contribution in [0.5, 0.6) is 5.75 Å². The topological polar surface area (TPSA) is 64.6 Å². The molecule has 0 amide bonds. The van der Waals surface area contributed by atoms with E-state index in [0.717, 1.165) is 0 Å². The molecule has 0 aliphatic carbocycles. The monoisotopic (exact) mass is 273 g/mol. The summed E-state index contributed by atoms with van der Waals surface area (Å²) in [7, 11) is -1.69. The highest BCUT2D eigenvalue weighted by atomic mass is 32.2. The molecule has 0 atom stereocenters. The Hall–Kier alpha value is -1.27. The third-order valence-corrected chi connectivity index (χ3v) is 4.05. The van der Waals surface area contributed by atoms with Crippen LogP contribution in [0.15, 0.2) is 24.3 Å². The average molecular weight is 273 g/mol. The molecule has 0 saturated carbocycles. The third-order valence-electron chi connectivity index (χ3n) is 2.29. The summed E-state index contributed by atoms with van der Waals surface area (Å²) in [5, 5.41) is -0.463. The number of nitrogens with one attached hydrogen (secondary N) is 1. The Bertz CT molecular complexity index is 453. The van der Waals surface area contributed by atoms with Gasteiger partial charge in [0.2, 0.25) is 10.0 Å². The van der Waals surface area contributed by atoms with Crippen LogP contribution < -0.4 is 9.46 Å². The van der Waals surface area contributed by atoms with Crippen LogP contribution in [0.3, 0.4) is 0 Å². The van der Waals surface area contributed by atoms with E-state index >= 15 is 0 Å². The number of anilines is 1. The zero-order valence-electron chi connectivity index (χ0n) is 10.8. The van der Waals surface area contributed by atoms with Gasteiger partial charge in [-0.2, -0.15) is 0 Å². The molecule has 1 rings (SSSR count). The lowest BCUT2D eigenvalue weighted by atomic mass is 10.3. The summed E-state index contributed by atoms with van der Waals surface area (Å²) in [5.74, 6) is 0.680. The van der Waals surface area contributed by atoms with Crippen molar-refractivity contribution in [2.75, 3.05) is 25.0 Å². The summed E-state index contributed by atoms with van der Waals surface area (Å²) >= 11 is 0. The standard InChI is InChI=1S/C12H19NO4S/c1-10(2)18(14,15)13-11-4-6-12(7-5-11)17-9-8-16-3/h4-7,10,13H,8-9H2,1-3H3. The number of rotatable bonds is 7. The fourth-order valence-corrected chi connectivity index (χ4v) is 1.84. The van der Waals surface area contributed by atoms with Gasteiger partial charge in [0, 0.05) is 12.8 Å². The molecule has 1 N–H and O–H groups in total. The van der Waals surface area contributed by atoms with Gasteiger partial charge in [0.15, 0.2) is 0 Å². The van der Waals surface area contributed by atoms with Gasteiger partial charge in [0.05, 0.1) is 11.9 Å². The predicted molar refractivity (Wildman–Crippen MR) is 71.5 cm³/mol. The molecule has 0 unspecified atom stereocenters. The lowest BCUT2D eigenvalue weighted by molar-refractivity contribution is 0.146. The molecule has 18 heavy (non-hydrogen) atoms. The Morgan fingerprint density at radius 1 is 1.17 bits per heavy atom. The van der Waals surface area contributed by atoms with Gasteiger partial charge in [-0.1, -0.05) is 0 Å². The van der Waals surface area contributed by atoms with E-state index in [9.17, 15) is 8.42 Å². The quantitative estimate of drug-likeness (QED) is 0.770. The first-order chi connectivity index (χ1) is 8.45. The number of benzene rings is 1. The first-order valence-corrected chi connectivity index (χ1v) is 7.24. The second kappa shape index (κ2) is 6.61. The molecule has 0 fully saturated rings. The Morgan fingerprint density at radius 2 is 1.78 bits per heavy atom. The lowest BCUT2D eigenvalue weighted by Crippen LogP contribution is -2.22. The van der Waals surface area contributed by atoms with Crippen molar-refractivity contribution >= 4 is 15.7 Å². The molecule has 5 nitrogen and oxygen atoms in total. The van der Waals surface area contributed by atoms with Gasteiger partial charge in [-0.15, -0.1) is 0 Å². The maximum atomic E-state index is 11.6. The van der Waals surface area contributed by atoms with Gasteiger partial charge in [0.1, 0.15) is 12.4 Å².